The first kappa shape index (κ1) is 12.8. The Morgan fingerprint density at radius 2 is 1.95 bits per heavy atom. The van der Waals surface area contributed by atoms with E-state index in [9.17, 15) is 5.26 Å². The lowest BCUT2D eigenvalue weighted by Gasteiger charge is -2.42. The number of piperidine rings is 1. The highest BCUT2D eigenvalue weighted by molar-refractivity contribution is 6.32. The Balaban J connectivity index is 1.84. The molecule has 2 nitrogen and oxygen atoms in total. The largest absolute Gasteiger partial charge is 0.370 e. The van der Waals surface area contributed by atoms with Crippen molar-refractivity contribution in [3.63, 3.8) is 0 Å². The highest BCUT2D eigenvalue weighted by Gasteiger charge is 2.31. The molecular formula is C16H19ClN2. The number of rotatable bonds is 1. The summed E-state index contributed by atoms with van der Waals surface area (Å²) in [4.78, 5) is 2.37. The summed E-state index contributed by atoms with van der Waals surface area (Å²) in [6.45, 7) is 2.16. The molecule has 2 aliphatic rings. The maximum absolute atomic E-state index is 9.30. The number of nitriles is 1. The minimum atomic E-state index is 0.575. The third-order valence-electron chi connectivity index (χ3n) is 4.74. The van der Waals surface area contributed by atoms with Crippen LogP contribution < -0.4 is 4.90 Å². The van der Waals surface area contributed by atoms with Crippen LogP contribution in [0.3, 0.4) is 0 Å². The van der Waals surface area contributed by atoms with Crippen LogP contribution in [0.1, 0.15) is 37.7 Å². The van der Waals surface area contributed by atoms with Crippen molar-refractivity contribution in [3.05, 3.63) is 28.8 Å². The molecule has 3 heteroatoms. The molecule has 19 heavy (non-hydrogen) atoms. The molecule has 0 amide bonds. The lowest BCUT2D eigenvalue weighted by atomic mass is 9.75. The van der Waals surface area contributed by atoms with E-state index < -0.39 is 0 Å². The number of anilines is 1. The van der Waals surface area contributed by atoms with Crippen molar-refractivity contribution in [2.75, 3.05) is 18.0 Å². The van der Waals surface area contributed by atoms with Crippen LogP contribution in [0.5, 0.6) is 0 Å². The topological polar surface area (TPSA) is 27.0 Å². The Hall–Kier alpha value is -1.20. The van der Waals surface area contributed by atoms with Crippen LogP contribution in [-0.2, 0) is 0 Å². The zero-order chi connectivity index (χ0) is 13.2. The number of hydrogen-bond acceptors (Lipinski definition) is 2. The Morgan fingerprint density at radius 1 is 1.16 bits per heavy atom. The van der Waals surface area contributed by atoms with Gasteiger partial charge in [-0.3, -0.25) is 0 Å². The zero-order valence-electron chi connectivity index (χ0n) is 11.1. The molecule has 0 aromatic heterocycles. The van der Waals surface area contributed by atoms with Gasteiger partial charge in [0.1, 0.15) is 6.07 Å². The Labute approximate surface area is 120 Å². The van der Waals surface area contributed by atoms with E-state index in [2.05, 4.69) is 11.0 Å². The van der Waals surface area contributed by atoms with Crippen LogP contribution in [0.15, 0.2) is 18.2 Å². The lowest BCUT2D eigenvalue weighted by Crippen LogP contribution is -2.42. The predicted octanol–water partition coefficient (Wildman–Crippen LogP) is 4.23. The van der Waals surface area contributed by atoms with E-state index in [0.29, 0.717) is 10.6 Å². The van der Waals surface area contributed by atoms with Crippen LogP contribution in [-0.4, -0.2) is 13.1 Å². The van der Waals surface area contributed by atoms with Crippen molar-refractivity contribution in [3.8, 4) is 6.07 Å². The van der Waals surface area contributed by atoms with E-state index in [1.807, 2.05) is 12.1 Å². The second-order valence-corrected chi connectivity index (χ2v) is 6.19. The fourth-order valence-corrected chi connectivity index (χ4v) is 3.92. The molecule has 1 heterocycles. The summed E-state index contributed by atoms with van der Waals surface area (Å²) in [5.74, 6) is 1.72. The molecule has 2 fully saturated rings. The molecule has 1 aromatic rings. The molecule has 2 unspecified atom stereocenters. The Bertz CT molecular complexity index is 506. The van der Waals surface area contributed by atoms with Crippen molar-refractivity contribution in [1.82, 2.24) is 0 Å². The van der Waals surface area contributed by atoms with Crippen LogP contribution in [0.2, 0.25) is 5.02 Å². The molecule has 1 aromatic carbocycles. The van der Waals surface area contributed by atoms with Crippen LogP contribution in [0, 0.1) is 23.2 Å². The third-order valence-corrected chi connectivity index (χ3v) is 5.05. The Morgan fingerprint density at radius 3 is 2.74 bits per heavy atom. The van der Waals surface area contributed by atoms with Gasteiger partial charge in [0.15, 0.2) is 0 Å². The summed E-state index contributed by atoms with van der Waals surface area (Å²) in [6.07, 6.45) is 6.79. The smallest absolute Gasteiger partial charge is 0.103 e. The van der Waals surface area contributed by atoms with Crippen LogP contribution in [0.25, 0.3) is 0 Å². The highest BCUT2D eigenvalue weighted by atomic mass is 35.5. The second-order valence-electron chi connectivity index (χ2n) is 5.79. The van der Waals surface area contributed by atoms with E-state index in [0.717, 1.165) is 30.6 Å². The monoisotopic (exact) mass is 274 g/mol. The van der Waals surface area contributed by atoms with Crippen LogP contribution in [0.4, 0.5) is 5.69 Å². The fraction of sp³-hybridized carbons (Fsp3) is 0.562. The molecule has 0 spiro atoms. The van der Waals surface area contributed by atoms with Gasteiger partial charge in [0.05, 0.1) is 16.3 Å². The third kappa shape index (κ3) is 2.44. The molecule has 2 atom stereocenters. The van der Waals surface area contributed by atoms with Gasteiger partial charge in [-0.05, 0) is 36.8 Å². The number of halogens is 1. The molecular weight excluding hydrogens is 256 g/mol. The summed E-state index contributed by atoms with van der Waals surface area (Å²) in [5, 5.41) is 9.88. The molecule has 100 valence electrons. The van der Waals surface area contributed by atoms with Gasteiger partial charge in [-0.15, -0.1) is 0 Å². The quantitative estimate of drug-likeness (QED) is 0.766. The van der Waals surface area contributed by atoms with E-state index >= 15 is 0 Å². The first-order valence-electron chi connectivity index (χ1n) is 7.23. The normalized spacial score (nSPS) is 26.6. The first-order valence-corrected chi connectivity index (χ1v) is 7.61. The van der Waals surface area contributed by atoms with Gasteiger partial charge in [-0.1, -0.05) is 36.9 Å². The van der Waals surface area contributed by atoms with Gasteiger partial charge >= 0.3 is 0 Å². The molecule has 0 N–H and O–H groups in total. The van der Waals surface area contributed by atoms with Crippen molar-refractivity contribution >= 4 is 17.3 Å². The summed E-state index contributed by atoms with van der Waals surface area (Å²) < 4.78 is 0. The molecule has 3 rings (SSSR count). The van der Waals surface area contributed by atoms with Gasteiger partial charge in [0.25, 0.3) is 0 Å². The average molecular weight is 275 g/mol. The SMILES string of the molecule is N#Cc1c(Cl)cccc1N1CCC2CCCCC2C1. The maximum atomic E-state index is 9.30. The van der Waals surface area contributed by atoms with Gasteiger partial charge in [-0.25, -0.2) is 0 Å². The number of benzene rings is 1. The fourth-order valence-electron chi connectivity index (χ4n) is 3.71. The minimum absolute atomic E-state index is 0.575. The van der Waals surface area contributed by atoms with Crippen molar-refractivity contribution in [1.29, 1.82) is 5.26 Å². The van der Waals surface area contributed by atoms with Crippen molar-refractivity contribution < 1.29 is 0 Å². The van der Waals surface area contributed by atoms with E-state index in [4.69, 9.17) is 11.6 Å². The average Bonchev–Trinajstić information content (AvgIpc) is 2.46. The molecule has 0 radical (unpaired) electrons. The van der Waals surface area contributed by atoms with Gasteiger partial charge in [0, 0.05) is 13.1 Å². The number of nitrogens with zero attached hydrogens (tertiary/aromatic N) is 2. The van der Waals surface area contributed by atoms with Gasteiger partial charge in [0.2, 0.25) is 0 Å². The minimum Gasteiger partial charge on any atom is -0.370 e. The van der Waals surface area contributed by atoms with E-state index in [1.165, 1.54) is 32.1 Å². The summed E-state index contributed by atoms with van der Waals surface area (Å²) in [7, 11) is 0. The summed E-state index contributed by atoms with van der Waals surface area (Å²) >= 11 is 6.14. The van der Waals surface area contributed by atoms with Crippen molar-refractivity contribution in [2.24, 2.45) is 11.8 Å². The number of fused-ring (bicyclic) bond motifs is 1. The summed E-state index contributed by atoms with van der Waals surface area (Å²) in [5.41, 5.74) is 1.66. The molecule has 0 bridgehead atoms. The van der Waals surface area contributed by atoms with E-state index in [-0.39, 0.29) is 0 Å². The zero-order valence-corrected chi connectivity index (χ0v) is 11.9. The van der Waals surface area contributed by atoms with Crippen LogP contribution >= 0.6 is 11.6 Å². The molecule has 1 aliphatic carbocycles. The molecule has 1 saturated heterocycles. The predicted molar refractivity (Wildman–Crippen MR) is 78.4 cm³/mol. The van der Waals surface area contributed by atoms with E-state index in [1.54, 1.807) is 6.07 Å². The molecule has 1 saturated carbocycles. The highest BCUT2D eigenvalue weighted by Crippen LogP contribution is 2.38. The first-order chi connectivity index (χ1) is 9.29. The maximum Gasteiger partial charge on any atom is 0.103 e. The standard InChI is InChI=1S/C16H19ClN2/c17-15-6-3-7-16(14(15)10-18)19-9-8-12-4-1-2-5-13(12)11-19/h3,6-7,12-13H,1-2,4-5,8-9,11H2. The lowest BCUT2D eigenvalue weighted by molar-refractivity contribution is 0.202. The van der Waals surface area contributed by atoms with Crippen molar-refractivity contribution in [2.45, 2.75) is 32.1 Å². The second kappa shape index (κ2) is 5.43. The number of hydrogen-bond donors (Lipinski definition) is 0. The molecule has 1 aliphatic heterocycles. The summed E-state index contributed by atoms with van der Waals surface area (Å²) in [6, 6.07) is 8.05. The van der Waals surface area contributed by atoms with Gasteiger partial charge in [-0.2, -0.15) is 5.26 Å². The van der Waals surface area contributed by atoms with Gasteiger partial charge < -0.3 is 4.90 Å². The Kier molecular flexibility index (Phi) is 3.66.